The fraction of sp³-hybridized carbons (Fsp3) is 0.316. The smallest absolute Gasteiger partial charge is 0.410 e. The molecule has 0 bridgehead atoms. The first kappa shape index (κ1) is 15.8. The number of piperazine rings is 1. The fourth-order valence-corrected chi connectivity index (χ4v) is 3.08. The van der Waals surface area contributed by atoms with Crippen LogP contribution in [0.3, 0.4) is 0 Å². The zero-order chi connectivity index (χ0) is 17.1. The quantitative estimate of drug-likeness (QED) is 0.931. The first-order valence-corrected chi connectivity index (χ1v) is 8.38. The maximum Gasteiger partial charge on any atom is 0.410 e. The summed E-state index contributed by atoms with van der Waals surface area (Å²) in [5.74, 6) is 1.52. The highest BCUT2D eigenvalue weighted by molar-refractivity contribution is 5.68. The first-order chi connectivity index (χ1) is 12.3. The molecule has 0 spiro atoms. The van der Waals surface area contributed by atoms with Crippen molar-refractivity contribution in [3.8, 4) is 11.5 Å². The van der Waals surface area contributed by atoms with Gasteiger partial charge < -0.3 is 24.4 Å². The zero-order valence-corrected chi connectivity index (χ0v) is 13.8. The Morgan fingerprint density at radius 2 is 2.00 bits per heavy atom. The Labute approximate surface area is 146 Å². The normalized spacial score (nSPS) is 18.9. The largest absolute Gasteiger partial charge is 0.454 e. The Morgan fingerprint density at radius 1 is 1.16 bits per heavy atom. The molecule has 6 heteroatoms. The molecule has 1 unspecified atom stereocenters. The lowest BCUT2D eigenvalue weighted by atomic mass is 10.0. The van der Waals surface area contributed by atoms with Crippen LogP contribution in [-0.2, 0) is 11.3 Å². The average Bonchev–Trinajstić information content (AvgIpc) is 3.15. The van der Waals surface area contributed by atoms with Crippen molar-refractivity contribution in [3.63, 3.8) is 0 Å². The molecule has 130 valence electrons. The molecule has 1 fully saturated rings. The molecule has 2 aromatic carbocycles. The van der Waals surface area contributed by atoms with Gasteiger partial charge in [0.2, 0.25) is 6.79 Å². The third-order valence-corrected chi connectivity index (χ3v) is 4.44. The molecule has 2 heterocycles. The van der Waals surface area contributed by atoms with Crippen LogP contribution < -0.4 is 14.8 Å². The van der Waals surface area contributed by atoms with Crippen LogP contribution in [0, 0.1) is 0 Å². The van der Waals surface area contributed by atoms with Crippen LogP contribution in [-0.4, -0.2) is 37.4 Å². The molecule has 1 saturated heterocycles. The number of ether oxygens (including phenoxy) is 3. The second-order valence-electron chi connectivity index (χ2n) is 6.11. The van der Waals surface area contributed by atoms with Crippen molar-refractivity contribution >= 4 is 6.09 Å². The van der Waals surface area contributed by atoms with Crippen LogP contribution in [0.2, 0.25) is 0 Å². The van der Waals surface area contributed by atoms with Gasteiger partial charge in [-0.3, -0.25) is 0 Å². The number of carbonyl (C=O) groups is 1. The minimum Gasteiger partial charge on any atom is -0.454 e. The van der Waals surface area contributed by atoms with Crippen molar-refractivity contribution in [1.29, 1.82) is 0 Å². The first-order valence-electron chi connectivity index (χ1n) is 8.38. The molecule has 0 aromatic heterocycles. The van der Waals surface area contributed by atoms with Gasteiger partial charge in [0.25, 0.3) is 0 Å². The predicted molar refractivity (Wildman–Crippen MR) is 91.5 cm³/mol. The Hall–Kier alpha value is -2.73. The topological polar surface area (TPSA) is 60.0 Å². The molecule has 1 atom stereocenters. The molecule has 2 aliphatic heterocycles. The highest BCUT2D eigenvalue weighted by Gasteiger charge is 2.26. The molecule has 2 aromatic rings. The minimum absolute atomic E-state index is 0.0486. The van der Waals surface area contributed by atoms with Gasteiger partial charge in [0.1, 0.15) is 6.61 Å². The lowest BCUT2D eigenvalue weighted by Gasteiger charge is -2.33. The van der Waals surface area contributed by atoms with E-state index in [1.54, 1.807) is 4.90 Å². The number of benzene rings is 2. The summed E-state index contributed by atoms with van der Waals surface area (Å²) in [5.41, 5.74) is 2.06. The molecule has 1 amide bonds. The van der Waals surface area contributed by atoms with E-state index in [1.165, 1.54) is 0 Å². The van der Waals surface area contributed by atoms with Gasteiger partial charge in [-0.25, -0.2) is 4.79 Å². The van der Waals surface area contributed by atoms with Crippen LogP contribution >= 0.6 is 0 Å². The summed E-state index contributed by atoms with van der Waals surface area (Å²) in [4.78, 5) is 14.1. The number of fused-ring (bicyclic) bond motifs is 1. The summed E-state index contributed by atoms with van der Waals surface area (Å²) >= 11 is 0. The van der Waals surface area contributed by atoms with Gasteiger partial charge in [0.05, 0.1) is 6.04 Å². The van der Waals surface area contributed by atoms with Gasteiger partial charge >= 0.3 is 6.09 Å². The Bertz CT molecular complexity index is 750. The molecular formula is C19H20N2O4. The molecular weight excluding hydrogens is 320 g/mol. The number of nitrogens with zero attached hydrogens (tertiary/aromatic N) is 1. The Morgan fingerprint density at radius 3 is 2.88 bits per heavy atom. The molecule has 0 saturated carbocycles. The van der Waals surface area contributed by atoms with E-state index in [2.05, 4.69) is 5.32 Å². The van der Waals surface area contributed by atoms with Gasteiger partial charge in [-0.15, -0.1) is 0 Å². The van der Waals surface area contributed by atoms with Crippen molar-refractivity contribution < 1.29 is 19.0 Å². The van der Waals surface area contributed by atoms with Crippen molar-refractivity contribution in [1.82, 2.24) is 10.2 Å². The van der Waals surface area contributed by atoms with Crippen molar-refractivity contribution in [2.75, 3.05) is 26.4 Å². The molecule has 25 heavy (non-hydrogen) atoms. The van der Waals surface area contributed by atoms with Crippen molar-refractivity contribution in [2.24, 2.45) is 0 Å². The van der Waals surface area contributed by atoms with Crippen LogP contribution in [0.15, 0.2) is 48.5 Å². The number of amides is 1. The molecule has 1 N–H and O–H groups in total. The number of hydrogen-bond acceptors (Lipinski definition) is 5. The average molecular weight is 340 g/mol. The van der Waals surface area contributed by atoms with Gasteiger partial charge in [-0.1, -0.05) is 36.4 Å². The van der Waals surface area contributed by atoms with E-state index in [9.17, 15) is 4.79 Å². The molecule has 4 rings (SSSR count). The van der Waals surface area contributed by atoms with Crippen LogP contribution in [0.25, 0.3) is 0 Å². The van der Waals surface area contributed by atoms with Gasteiger partial charge in [0.15, 0.2) is 11.5 Å². The molecule has 0 radical (unpaired) electrons. The van der Waals surface area contributed by atoms with E-state index < -0.39 is 0 Å². The Balaban J connectivity index is 1.38. The fourth-order valence-electron chi connectivity index (χ4n) is 3.08. The Kier molecular flexibility index (Phi) is 4.43. The zero-order valence-electron chi connectivity index (χ0n) is 13.8. The number of hydrogen-bond donors (Lipinski definition) is 1. The standard InChI is InChI=1S/C19H20N2O4/c22-19(23-12-14-4-2-1-3-5-14)21-9-8-20-16(11-21)15-6-7-17-18(10-15)25-13-24-17/h1-7,10,16,20H,8-9,11-13H2. The van der Waals surface area contributed by atoms with Crippen LogP contribution in [0.1, 0.15) is 17.2 Å². The van der Waals surface area contributed by atoms with Crippen LogP contribution in [0.4, 0.5) is 4.79 Å². The SMILES string of the molecule is O=C(OCc1ccccc1)N1CCNC(c2ccc3c(c2)OCO3)C1. The molecule has 0 aliphatic carbocycles. The second kappa shape index (κ2) is 7.03. The summed E-state index contributed by atoms with van der Waals surface area (Å²) in [5, 5.41) is 3.44. The van der Waals surface area contributed by atoms with E-state index in [1.807, 2.05) is 48.5 Å². The monoisotopic (exact) mass is 340 g/mol. The van der Waals surface area contributed by atoms with E-state index in [4.69, 9.17) is 14.2 Å². The van der Waals surface area contributed by atoms with Crippen molar-refractivity contribution in [2.45, 2.75) is 12.6 Å². The second-order valence-corrected chi connectivity index (χ2v) is 6.11. The third-order valence-electron chi connectivity index (χ3n) is 4.44. The van der Waals surface area contributed by atoms with Gasteiger partial charge in [-0.05, 0) is 23.3 Å². The summed E-state index contributed by atoms with van der Waals surface area (Å²) in [6.07, 6.45) is -0.281. The van der Waals surface area contributed by atoms with E-state index >= 15 is 0 Å². The summed E-state index contributed by atoms with van der Waals surface area (Å²) in [7, 11) is 0. The lowest BCUT2D eigenvalue weighted by Crippen LogP contribution is -2.48. The summed E-state index contributed by atoms with van der Waals surface area (Å²) < 4.78 is 16.2. The van der Waals surface area contributed by atoms with Gasteiger partial charge in [-0.2, -0.15) is 0 Å². The predicted octanol–water partition coefficient (Wildman–Crippen LogP) is 2.70. The van der Waals surface area contributed by atoms with Crippen molar-refractivity contribution in [3.05, 3.63) is 59.7 Å². The lowest BCUT2D eigenvalue weighted by molar-refractivity contribution is 0.0849. The molecule has 2 aliphatic rings. The summed E-state index contributed by atoms with van der Waals surface area (Å²) in [6.45, 7) is 2.47. The maximum absolute atomic E-state index is 12.4. The number of carbonyl (C=O) groups excluding carboxylic acids is 1. The van der Waals surface area contributed by atoms with E-state index in [-0.39, 0.29) is 25.5 Å². The highest BCUT2D eigenvalue weighted by Crippen LogP contribution is 2.34. The minimum atomic E-state index is -0.281. The van der Waals surface area contributed by atoms with E-state index in [0.717, 1.165) is 29.2 Å². The number of rotatable bonds is 3. The highest BCUT2D eigenvalue weighted by atomic mass is 16.7. The molecule has 6 nitrogen and oxygen atoms in total. The van der Waals surface area contributed by atoms with Gasteiger partial charge in [0, 0.05) is 19.6 Å². The number of nitrogens with one attached hydrogen (secondary N) is 1. The van der Waals surface area contributed by atoms with Crippen LogP contribution in [0.5, 0.6) is 11.5 Å². The summed E-state index contributed by atoms with van der Waals surface area (Å²) in [6, 6.07) is 15.6. The van der Waals surface area contributed by atoms with E-state index in [0.29, 0.717) is 13.1 Å². The maximum atomic E-state index is 12.4. The third kappa shape index (κ3) is 3.53.